The molecule has 0 aliphatic carbocycles. The number of benzene rings is 1. The topological polar surface area (TPSA) is 77.6 Å². The predicted octanol–water partition coefficient (Wildman–Crippen LogP) is 3.50. The zero-order valence-electron chi connectivity index (χ0n) is 20.5. The van der Waals surface area contributed by atoms with E-state index < -0.39 is 0 Å². The lowest BCUT2D eigenvalue weighted by molar-refractivity contribution is -0.124. The number of imidazole rings is 1. The van der Waals surface area contributed by atoms with Gasteiger partial charge in [0.1, 0.15) is 11.6 Å². The minimum atomic E-state index is -0.332. The van der Waals surface area contributed by atoms with Crippen molar-refractivity contribution in [1.82, 2.24) is 15.0 Å². The van der Waals surface area contributed by atoms with E-state index in [-0.39, 0.29) is 23.6 Å². The van der Waals surface area contributed by atoms with Crippen LogP contribution in [0.1, 0.15) is 19.0 Å². The average molecular weight is 491 g/mol. The van der Waals surface area contributed by atoms with Crippen molar-refractivity contribution in [3.63, 3.8) is 0 Å². The van der Waals surface area contributed by atoms with Gasteiger partial charge in [0.2, 0.25) is 11.9 Å². The van der Waals surface area contributed by atoms with E-state index in [4.69, 9.17) is 9.72 Å². The zero-order valence-corrected chi connectivity index (χ0v) is 20.5. The number of nitrogens with one attached hydrogen (secondary N) is 1. The van der Waals surface area contributed by atoms with Crippen LogP contribution in [0, 0.1) is 17.7 Å². The molecule has 3 aromatic rings. The van der Waals surface area contributed by atoms with Crippen molar-refractivity contribution < 1.29 is 13.9 Å². The number of fused-ring (bicyclic) bond motifs is 3. The molecule has 2 saturated heterocycles. The van der Waals surface area contributed by atoms with E-state index in [1.165, 1.54) is 12.1 Å². The van der Waals surface area contributed by atoms with Gasteiger partial charge in [-0.25, -0.2) is 14.4 Å². The second-order valence-electron chi connectivity index (χ2n) is 9.89. The van der Waals surface area contributed by atoms with Crippen LogP contribution in [0.5, 0.6) is 0 Å². The molecule has 36 heavy (non-hydrogen) atoms. The fraction of sp³-hybridized carbons (Fsp3) is 0.444. The van der Waals surface area contributed by atoms with Crippen LogP contribution in [0.3, 0.4) is 0 Å². The smallest absolute Gasteiger partial charge is 0.230 e. The van der Waals surface area contributed by atoms with Crippen molar-refractivity contribution >= 4 is 23.4 Å². The van der Waals surface area contributed by atoms with Crippen LogP contribution >= 0.6 is 0 Å². The molecule has 1 amide bonds. The first-order chi connectivity index (χ1) is 17.6. The summed E-state index contributed by atoms with van der Waals surface area (Å²) in [5.41, 5.74) is 3.08. The van der Waals surface area contributed by atoms with E-state index in [0.29, 0.717) is 31.7 Å². The van der Waals surface area contributed by atoms with E-state index in [2.05, 4.69) is 26.7 Å². The van der Waals surface area contributed by atoms with Gasteiger partial charge in [-0.2, -0.15) is 0 Å². The number of halogens is 1. The summed E-state index contributed by atoms with van der Waals surface area (Å²) in [5.74, 6) is 1.58. The molecule has 3 aliphatic heterocycles. The summed E-state index contributed by atoms with van der Waals surface area (Å²) in [6.45, 7) is 7.09. The number of aromatic nitrogens is 3. The molecule has 1 N–H and O–H groups in total. The Labute approximate surface area is 210 Å². The van der Waals surface area contributed by atoms with E-state index in [0.717, 1.165) is 61.4 Å². The summed E-state index contributed by atoms with van der Waals surface area (Å²) >= 11 is 0. The maximum absolute atomic E-state index is 14.5. The van der Waals surface area contributed by atoms with Gasteiger partial charge in [0.05, 0.1) is 24.6 Å². The summed E-state index contributed by atoms with van der Waals surface area (Å²) in [7, 11) is 0. The molecule has 0 bridgehead atoms. The number of pyridine rings is 1. The number of hydrogen-bond acceptors (Lipinski definition) is 6. The number of rotatable bonds is 3. The molecule has 2 aromatic heterocycles. The van der Waals surface area contributed by atoms with Gasteiger partial charge in [-0.3, -0.25) is 4.79 Å². The van der Waals surface area contributed by atoms with Crippen molar-refractivity contribution in [2.24, 2.45) is 11.8 Å². The third-order valence-electron chi connectivity index (χ3n) is 7.63. The molecule has 2 atom stereocenters. The van der Waals surface area contributed by atoms with Crippen LogP contribution in [0.2, 0.25) is 0 Å². The van der Waals surface area contributed by atoms with Gasteiger partial charge in [0.15, 0.2) is 0 Å². The number of amides is 1. The lowest BCUT2D eigenvalue weighted by Gasteiger charge is -2.39. The van der Waals surface area contributed by atoms with Crippen LogP contribution < -0.4 is 14.7 Å². The highest BCUT2D eigenvalue weighted by molar-refractivity contribution is 6.00. The average Bonchev–Trinajstić information content (AvgIpc) is 3.28. The Bertz CT molecular complexity index is 1240. The molecule has 1 aromatic carbocycles. The third-order valence-corrected chi connectivity index (χ3v) is 7.63. The molecule has 2 unspecified atom stereocenters. The summed E-state index contributed by atoms with van der Waals surface area (Å²) in [6.07, 6.45) is 3.20. The van der Waals surface area contributed by atoms with Gasteiger partial charge >= 0.3 is 0 Å². The second kappa shape index (κ2) is 9.54. The first-order valence-corrected chi connectivity index (χ1v) is 12.8. The third kappa shape index (κ3) is 4.21. The summed E-state index contributed by atoms with van der Waals surface area (Å²) < 4.78 is 19.9. The molecule has 2 fully saturated rings. The fourth-order valence-electron chi connectivity index (χ4n) is 5.69. The minimum Gasteiger partial charge on any atom is -0.378 e. The van der Waals surface area contributed by atoms with Crippen molar-refractivity contribution in [1.29, 1.82) is 0 Å². The first kappa shape index (κ1) is 23.0. The Kier molecular flexibility index (Phi) is 6.08. The standard InChI is InChI=1S/C27H31FN6O2/c1-18-17-33(24-4-2-3-9-29-24)10-7-20(18)26(35)34-11-8-22-25(21-16-19(28)5-6-23(21)34)31-27(30-22)32-12-14-36-15-13-32/h2-6,9,16,18,20H,7-8,10-15,17H2,1H3,(H,30,31). The monoisotopic (exact) mass is 490 g/mol. The van der Waals surface area contributed by atoms with E-state index >= 15 is 0 Å². The number of ether oxygens (including phenoxy) is 1. The molecule has 3 aliphatic rings. The van der Waals surface area contributed by atoms with Crippen molar-refractivity contribution in [3.05, 3.63) is 54.1 Å². The molecule has 188 valence electrons. The molecule has 0 saturated carbocycles. The number of aromatic amines is 1. The number of hydrogen-bond donors (Lipinski definition) is 1. The Morgan fingerprint density at radius 2 is 1.97 bits per heavy atom. The number of carbonyl (C=O) groups excluding carboxylic acids is 1. The highest BCUT2D eigenvalue weighted by atomic mass is 19.1. The SMILES string of the molecule is CC1CN(c2ccccn2)CCC1C(=O)N1CCc2[nH]c(N3CCOCC3)nc2-c2cc(F)ccc21. The second-order valence-corrected chi connectivity index (χ2v) is 9.89. The number of nitrogens with zero attached hydrogens (tertiary/aromatic N) is 5. The van der Waals surface area contributed by atoms with Crippen LogP contribution in [0.4, 0.5) is 21.8 Å². The molecule has 8 nitrogen and oxygen atoms in total. The van der Waals surface area contributed by atoms with Crippen LogP contribution in [0.15, 0.2) is 42.6 Å². The first-order valence-electron chi connectivity index (χ1n) is 12.8. The maximum Gasteiger partial charge on any atom is 0.230 e. The van der Waals surface area contributed by atoms with E-state index in [9.17, 15) is 9.18 Å². The maximum atomic E-state index is 14.5. The normalized spacial score (nSPS) is 22.1. The lowest BCUT2D eigenvalue weighted by atomic mass is 9.85. The summed E-state index contributed by atoms with van der Waals surface area (Å²) in [5, 5.41) is 0. The highest BCUT2D eigenvalue weighted by Gasteiger charge is 2.37. The number of piperidine rings is 1. The molecule has 0 spiro atoms. The van der Waals surface area contributed by atoms with Crippen LogP contribution in [-0.4, -0.2) is 66.8 Å². The van der Waals surface area contributed by atoms with Gasteiger partial charge in [-0.15, -0.1) is 0 Å². The highest BCUT2D eigenvalue weighted by Crippen LogP contribution is 2.39. The van der Waals surface area contributed by atoms with E-state index in [1.54, 1.807) is 12.3 Å². The number of carbonyl (C=O) groups is 1. The molecule has 0 radical (unpaired) electrons. The predicted molar refractivity (Wildman–Crippen MR) is 137 cm³/mol. The molecule has 6 rings (SSSR count). The summed E-state index contributed by atoms with van der Waals surface area (Å²) in [6, 6.07) is 10.6. The number of anilines is 3. The number of morpholine rings is 1. The van der Waals surface area contributed by atoms with Crippen molar-refractivity contribution in [3.8, 4) is 11.3 Å². The Morgan fingerprint density at radius 3 is 2.75 bits per heavy atom. The Hall–Kier alpha value is -3.46. The largest absolute Gasteiger partial charge is 0.378 e. The van der Waals surface area contributed by atoms with Crippen LogP contribution in [-0.2, 0) is 16.0 Å². The summed E-state index contributed by atoms with van der Waals surface area (Å²) in [4.78, 5) is 33.0. The minimum absolute atomic E-state index is 0.101. The van der Waals surface area contributed by atoms with Crippen molar-refractivity contribution in [2.45, 2.75) is 19.8 Å². The van der Waals surface area contributed by atoms with E-state index in [1.807, 2.05) is 23.1 Å². The molecule has 5 heterocycles. The number of H-pyrrole nitrogens is 1. The Morgan fingerprint density at radius 1 is 1.11 bits per heavy atom. The Balaban J connectivity index is 1.27. The molecular weight excluding hydrogens is 459 g/mol. The van der Waals surface area contributed by atoms with Gasteiger partial charge in [-0.05, 0) is 42.7 Å². The fourth-order valence-corrected chi connectivity index (χ4v) is 5.69. The van der Waals surface area contributed by atoms with Gasteiger partial charge in [0, 0.05) is 62.5 Å². The van der Waals surface area contributed by atoms with Gasteiger partial charge < -0.3 is 24.4 Å². The van der Waals surface area contributed by atoms with Gasteiger partial charge in [0.25, 0.3) is 0 Å². The van der Waals surface area contributed by atoms with Crippen molar-refractivity contribution in [2.75, 3.05) is 60.6 Å². The quantitative estimate of drug-likeness (QED) is 0.606. The van der Waals surface area contributed by atoms with Gasteiger partial charge in [-0.1, -0.05) is 13.0 Å². The zero-order chi connectivity index (χ0) is 24.6. The van der Waals surface area contributed by atoms with Crippen LogP contribution in [0.25, 0.3) is 11.3 Å². The lowest BCUT2D eigenvalue weighted by Crippen LogP contribution is -2.47. The molecular formula is C27H31FN6O2. The molecule has 9 heteroatoms.